The van der Waals surface area contributed by atoms with E-state index in [1.54, 1.807) is 12.1 Å². The highest BCUT2D eigenvalue weighted by Crippen LogP contribution is 2.23. The van der Waals surface area contributed by atoms with Crippen molar-refractivity contribution < 1.29 is 4.79 Å². The van der Waals surface area contributed by atoms with Crippen LogP contribution in [0.3, 0.4) is 0 Å². The lowest BCUT2D eigenvalue weighted by Gasteiger charge is -2.04. The third-order valence-corrected chi connectivity index (χ3v) is 3.62. The number of nitrogens with zero attached hydrogens (tertiary/aromatic N) is 2. The van der Waals surface area contributed by atoms with Crippen LogP contribution in [0.4, 0.5) is 0 Å². The number of para-hydroxylation sites is 3. The van der Waals surface area contributed by atoms with Crippen LogP contribution in [-0.2, 0) is 0 Å². The van der Waals surface area contributed by atoms with Crippen molar-refractivity contribution in [2.45, 2.75) is 0 Å². The molecular formula is C17H12N4O. The quantitative estimate of drug-likeness (QED) is 0.594. The fraction of sp³-hybridized carbons (Fsp3) is 0. The summed E-state index contributed by atoms with van der Waals surface area (Å²) in [7, 11) is 0. The fourth-order valence-electron chi connectivity index (χ4n) is 2.55. The van der Waals surface area contributed by atoms with Gasteiger partial charge in [0.15, 0.2) is 5.82 Å². The van der Waals surface area contributed by atoms with Crippen molar-refractivity contribution in [2.75, 3.05) is 0 Å². The molecule has 0 spiro atoms. The summed E-state index contributed by atoms with van der Waals surface area (Å²) in [6.07, 6.45) is 0. The highest BCUT2D eigenvalue weighted by Gasteiger charge is 2.11. The summed E-state index contributed by atoms with van der Waals surface area (Å²) in [6.45, 7) is 0. The van der Waals surface area contributed by atoms with Crippen molar-refractivity contribution in [1.29, 1.82) is 0 Å². The highest BCUT2D eigenvalue weighted by molar-refractivity contribution is 6.05. The Morgan fingerprint density at radius 2 is 1.82 bits per heavy atom. The van der Waals surface area contributed by atoms with Crippen LogP contribution in [0.2, 0.25) is 0 Å². The van der Waals surface area contributed by atoms with Gasteiger partial charge in [-0.1, -0.05) is 30.3 Å². The lowest BCUT2D eigenvalue weighted by atomic mass is 10.1. The molecule has 5 heteroatoms. The number of primary amides is 1. The second kappa shape index (κ2) is 4.66. The Balaban J connectivity index is 1.95. The zero-order valence-electron chi connectivity index (χ0n) is 11.6. The number of pyridine rings is 1. The molecule has 3 N–H and O–H groups in total. The Labute approximate surface area is 125 Å². The van der Waals surface area contributed by atoms with Gasteiger partial charge in [0.1, 0.15) is 5.69 Å². The number of carbonyl (C=O) groups is 1. The summed E-state index contributed by atoms with van der Waals surface area (Å²) in [6, 6.07) is 17.0. The van der Waals surface area contributed by atoms with Gasteiger partial charge in [0.25, 0.3) is 5.91 Å². The predicted octanol–water partition coefficient (Wildman–Crippen LogP) is 2.88. The Bertz CT molecular complexity index is 986. The van der Waals surface area contributed by atoms with Crippen LogP contribution in [-0.4, -0.2) is 20.9 Å². The molecule has 4 rings (SSSR count). The standard InChI is InChI=1S/C17H12N4O/c18-16(22)11-5-3-4-10-8-9-14(19-15(10)11)17-20-12-6-1-2-7-13(12)21-17/h1-9H,(H2,18,22)(H,20,21). The van der Waals surface area contributed by atoms with Crippen molar-refractivity contribution in [3.63, 3.8) is 0 Å². The number of hydrogen-bond acceptors (Lipinski definition) is 3. The fourth-order valence-corrected chi connectivity index (χ4v) is 2.55. The van der Waals surface area contributed by atoms with Crippen molar-refractivity contribution in [3.8, 4) is 11.5 Å². The Morgan fingerprint density at radius 1 is 0.955 bits per heavy atom. The van der Waals surface area contributed by atoms with E-state index in [1.807, 2.05) is 42.5 Å². The first-order valence-corrected chi connectivity index (χ1v) is 6.87. The number of benzene rings is 2. The zero-order valence-corrected chi connectivity index (χ0v) is 11.6. The van der Waals surface area contributed by atoms with E-state index in [-0.39, 0.29) is 0 Å². The lowest BCUT2D eigenvalue weighted by molar-refractivity contribution is 0.100. The van der Waals surface area contributed by atoms with Gasteiger partial charge in [-0.3, -0.25) is 4.79 Å². The van der Waals surface area contributed by atoms with Gasteiger partial charge in [0, 0.05) is 5.39 Å². The second-order valence-corrected chi connectivity index (χ2v) is 5.04. The second-order valence-electron chi connectivity index (χ2n) is 5.04. The molecule has 4 aromatic rings. The Hall–Kier alpha value is -3.21. The van der Waals surface area contributed by atoms with E-state index in [9.17, 15) is 4.79 Å². The normalized spacial score (nSPS) is 11.1. The number of nitrogens with two attached hydrogens (primary N) is 1. The SMILES string of the molecule is NC(=O)c1cccc2ccc(-c3nc4ccccc4[nH]3)nc12. The molecule has 2 aromatic carbocycles. The third-order valence-electron chi connectivity index (χ3n) is 3.62. The molecule has 1 amide bonds. The molecule has 0 aliphatic carbocycles. The Morgan fingerprint density at radius 3 is 2.64 bits per heavy atom. The summed E-state index contributed by atoms with van der Waals surface area (Å²) >= 11 is 0. The number of nitrogens with one attached hydrogen (secondary N) is 1. The lowest BCUT2D eigenvalue weighted by Crippen LogP contribution is -2.11. The zero-order chi connectivity index (χ0) is 15.1. The van der Waals surface area contributed by atoms with Gasteiger partial charge in [0.05, 0.1) is 22.1 Å². The molecule has 0 aliphatic heterocycles. The van der Waals surface area contributed by atoms with Gasteiger partial charge >= 0.3 is 0 Å². The van der Waals surface area contributed by atoms with Crippen molar-refractivity contribution >= 4 is 27.8 Å². The molecule has 0 fully saturated rings. The molecule has 106 valence electrons. The van der Waals surface area contributed by atoms with Crippen LogP contribution in [0.25, 0.3) is 33.5 Å². The molecule has 0 unspecified atom stereocenters. The number of imidazole rings is 1. The Kier molecular flexibility index (Phi) is 2.66. The number of aromatic amines is 1. The molecule has 5 nitrogen and oxygen atoms in total. The van der Waals surface area contributed by atoms with E-state index in [0.717, 1.165) is 16.4 Å². The van der Waals surface area contributed by atoms with Crippen molar-refractivity contribution in [2.24, 2.45) is 5.73 Å². The molecule has 0 saturated heterocycles. The number of H-pyrrole nitrogens is 1. The van der Waals surface area contributed by atoms with Gasteiger partial charge in [-0.2, -0.15) is 0 Å². The van der Waals surface area contributed by atoms with Crippen LogP contribution in [0.5, 0.6) is 0 Å². The van der Waals surface area contributed by atoms with Crippen LogP contribution in [0.1, 0.15) is 10.4 Å². The summed E-state index contributed by atoms with van der Waals surface area (Å²) in [5.41, 5.74) is 8.93. The van der Waals surface area contributed by atoms with E-state index < -0.39 is 5.91 Å². The molecule has 0 atom stereocenters. The molecular weight excluding hydrogens is 276 g/mol. The average molecular weight is 288 g/mol. The van der Waals surface area contributed by atoms with E-state index in [1.165, 1.54) is 0 Å². The van der Waals surface area contributed by atoms with E-state index >= 15 is 0 Å². The van der Waals surface area contributed by atoms with Gasteiger partial charge in [-0.15, -0.1) is 0 Å². The van der Waals surface area contributed by atoms with Gasteiger partial charge in [0.2, 0.25) is 0 Å². The smallest absolute Gasteiger partial charge is 0.250 e. The summed E-state index contributed by atoms with van der Waals surface area (Å²) < 4.78 is 0. The van der Waals surface area contributed by atoms with E-state index in [4.69, 9.17) is 5.73 Å². The molecule has 2 aromatic heterocycles. The van der Waals surface area contributed by atoms with Gasteiger partial charge in [-0.25, -0.2) is 9.97 Å². The first-order valence-electron chi connectivity index (χ1n) is 6.87. The monoisotopic (exact) mass is 288 g/mol. The molecule has 2 heterocycles. The maximum absolute atomic E-state index is 11.6. The van der Waals surface area contributed by atoms with Crippen LogP contribution in [0, 0.1) is 0 Å². The van der Waals surface area contributed by atoms with Gasteiger partial charge in [-0.05, 0) is 24.3 Å². The molecule has 0 bridgehead atoms. The number of carbonyl (C=O) groups excluding carboxylic acids is 1. The number of amides is 1. The molecule has 0 radical (unpaired) electrons. The minimum Gasteiger partial charge on any atom is -0.366 e. The van der Waals surface area contributed by atoms with Crippen LogP contribution >= 0.6 is 0 Å². The average Bonchev–Trinajstić information content (AvgIpc) is 2.97. The minimum atomic E-state index is -0.486. The van der Waals surface area contributed by atoms with E-state index in [0.29, 0.717) is 22.6 Å². The van der Waals surface area contributed by atoms with Crippen molar-refractivity contribution in [1.82, 2.24) is 15.0 Å². The number of rotatable bonds is 2. The van der Waals surface area contributed by atoms with E-state index in [2.05, 4.69) is 15.0 Å². The minimum absolute atomic E-state index is 0.412. The third kappa shape index (κ3) is 1.91. The first kappa shape index (κ1) is 12.5. The maximum atomic E-state index is 11.6. The predicted molar refractivity (Wildman–Crippen MR) is 85.3 cm³/mol. The van der Waals surface area contributed by atoms with Gasteiger partial charge < -0.3 is 10.7 Å². The number of aromatic nitrogens is 3. The maximum Gasteiger partial charge on any atom is 0.250 e. The summed E-state index contributed by atoms with van der Waals surface area (Å²) in [5.74, 6) is 0.183. The number of fused-ring (bicyclic) bond motifs is 2. The van der Waals surface area contributed by atoms with Crippen molar-refractivity contribution in [3.05, 3.63) is 60.2 Å². The largest absolute Gasteiger partial charge is 0.366 e. The molecule has 0 aliphatic rings. The molecule has 0 saturated carbocycles. The molecule has 22 heavy (non-hydrogen) atoms. The number of hydrogen-bond donors (Lipinski definition) is 2. The summed E-state index contributed by atoms with van der Waals surface area (Å²) in [4.78, 5) is 23.9. The highest BCUT2D eigenvalue weighted by atomic mass is 16.1. The van der Waals surface area contributed by atoms with Crippen LogP contribution < -0.4 is 5.73 Å². The first-order chi connectivity index (χ1) is 10.7. The summed E-state index contributed by atoms with van der Waals surface area (Å²) in [5, 5.41) is 0.871. The topological polar surface area (TPSA) is 84.7 Å². The van der Waals surface area contributed by atoms with Crippen LogP contribution in [0.15, 0.2) is 54.6 Å².